The molecule has 4 nitrogen and oxygen atoms in total. The van der Waals surface area contributed by atoms with Crippen molar-refractivity contribution in [2.75, 3.05) is 19.0 Å². The Balaban J connectivity index is 2.00. The van der Waals surface area contributed by atoms with Crippen LogP contribution in [0.5, 0.6) is 0 Å². The van der Waals surface area contributed by atoms with E-state index in [4.69, 9.17) is 0 Å². The van der Waals surface area contributed by atoms with Crippen molar-refractivity contribution < 1.29 is 4.79 Å². The molecule has 0 saturated heterocycles. The maximum absolute atomic E-state index is 12.3. The van der Waals surface area contributed by atoms with Crippen molar-refractivity contribution in [1.82, 2.24) is 10.3 Å². The van der Waals surface area contributed by atoms with Gasteiger partial charge in [0.1, 0.15) is 0 Å². The van der Waals surface area contributed by atoms with Crippen LogP contribution < -0.4 is 10.2 Å². The maximum Gasteiger partial charge on any atom is 0.224 e. The predicted octanol–water partition coefficient (Wildman–Crippen LogP) is 3.27. The number of benzene rings is 1. The first-order valence-corrected chi connectivity index (χ1v) is 7.98. The Morgan fingerprint density at radius 3 is 2.43 bits per heavy atom. The van der Waals surface area contributed by atoms with Crippen LogP contribution in [0.3, 0.4) is 0 Å². The molecule has 1 atom stereocenters. The topological polar surface area (TPSA) is 45.2 Å². The summed E-state index contributed by atoms with van der Waals surface area (Å²) in [5.41, 5.74) is 4.03. The summed E-state index contributed by atoms with van der Waals surface area (Å²) in [6.45, 7) is 4.02. The molecular formula is C19H25N3O. The van der Waals surface area contributed by atoms with E-state index >= 15 is 0 Å². The third-order valence-electron chi connectivity index (χ3n) is 3.83. The highest BCUT2D eigenvalue weighted by molar-refractivity contribution is 5.79. The van der Waals surface area contributed by atoms with Gasteiger partial charge in [0, 0.05) is 25.5 Å². The second-order valence-electron chi connectivity index (χ2n) is 5.97. The molecule has 0 saturated carbocycles. The predicted molar refractivity (Wildman–Crippen MR) is 94.6 cm³/mol. The number of aryl methyl sites for hydroxylation is 1. The van der Waals surface area contributed by atoms with Gasteiger partial charge in [0.15, 0.2) is 0 Å². The molecular weight excluding hydrogens is 286 g/mol. The Labute approximate surface area is 138 Å². The molecule has 0 aliphatic heterocycles. The Morgan fingerprint density at radius 1 is 1.17 bits per heavy atom. The molecule has 1 amide bonds. The fraction of sp³-hybridized carbons (Fsp3) is 0.368. The monoisotopic (exact) mass is 311 g/mol. The lowest BCUT2D eigenvalue weighted by Crippen LogP contribution is -2.30. The molecule has 0 spiro atoms. The average molecular weight is 311 g/mol. The van der Waals surface area contributed by atoms with Gasteiger partial charge in [-0.25, -0.2) is 0 Å². The molecule has 1 heterocycles. The largest absolute Gasteiger partial charge is 0.378 e. The van der Waals surface area contributed by atoms with Crippen LogP contribution in [0, 0.1) is 6.92 Å². The van der Waals surface area contributed by atoms with Crippen LogP contribution in [-0.4, -0.2) is 25.0 Å². The number of carbonyl (C=O) groups excluding carboxylic acids is 1. The smallest absolute Gasteiger partial charge is 0.224 e. The maximum atomic E-state index is 12.3. The number of hydrogen-bond acceptors (Lipinski definition) is 3. The lowest BCUT2D eigenvalue weighted by molar-refractivity contribution is -0.121. The normalized spacial score (nSPS) is 11.8. The molecule has 4 heteroatoms. The zero-order valence-electron chi connectivity index (χ0n) is 14.3. The van der Waals surface area contributed by atoms with Crippen molar-refractivity contribution in [1.29, 1.82) is 0 Å². The van der Waals surface area contributed by atoms with Crippen LogP contribution in [-0.2, 0) is 11.2 Å². The number of hydrogen-bond donors (Lipinski definition) is 1. The van der Waals surface area contributed by atoms with Gasteiger partial charge in [-0.2, -0.15) is 0 Å². The molecule has 0 bridgehead atoms. The lowest BCUT2D eigenvalue weighted by atomic mass is 10.1. The summed E-state index contributed by atoms with van der Waals surface area (Å²) in [7, 11) is 4.00. The number of pyridine rings is 1. The summed E-state index contributed by atoms with van der Waals surface area (Å²) in [6, 6.07) is 13.9. The molecule has 1 aromatic heterocycles. The summed E-state index contributed by atoms with van der Waals surface area (Å²) < 4.78 is 0. The van der Waals surface area contributed by atoms with E-state index in [2.05, 4.69) is 17.2 Å². The Morgan fingerprint density at radius 2 is 1.87 bits per heavy atom. The molecule has 0 radical (unpaired) electrons. The summed E-state index contributed by atoms with van der Waals surface area (Å²) in [4.78, 5) is 18.9. The number of nitrogens with one attached hydrogen (secondary N) is 1. The van der Waals surface area contributed by atoms with Gasteiger partial charge in [-0.1, -0.05) is 25.1 Å². The van der Waals surface area contributed by atoms with E-state index in [0.717, 1.165) is 29.1 Å². The van der Waals surface area contributed by atoms with Gasteiger partial charge in [0.25, 0.3) is 0 Å². The second-order valence-corrected chi connectivity index (χ2v) is 5.97. The van der Waals surface area contributed by atoms with Gasteiger partial charge < -0.3 is 10.2 Å². The molecule has 2 aromatic rings. The number of amides is 1. The van der Waals surface area contributed by atoms with E-state index in [9.17, 15) is 4.79 Å². The molecule has 0 aliphatic rings. The van der Waals surface area contributed by atoms with Crippen molar-refractivity contribution in [3.8, 4) is 0 Å². The van der Waals surface area contributed by atoms with Crippen molar-refractivity contribution in [2.45, 2.75) is 32.7 Å². The van der Waals surface area contributed by atoms with Crippen LogP contribution in [0.4, 0.5) is 5.69 Å². The van der Waals surface area contributed by atoms with Crippen molar-refractivity contribution in [2.24, 2.45) is 0 Å². The lowest BCUT2D eigenvalue weighted by Gasteiger charge is -2.17. The number of anilines is 1. The van der Waals surface area contributed by atoms with Gasteiger partial charge in [-0.05, 0) is 43.2 Å². The Bertz CT molecular complexity index is 650. The van der Waals surface area contributed by atoms with E-state index in [1.807, 2.05) is 68.4 Å². The highest BCUT2D eigenvalue weighted by Gasteiger charge is 2.14. The highest BCUT2D eigenvalue weighted by Crippen LogP contribution is 2.16. The Hall–Kier alpha value is -2.36. The molecule has 1 N–H and O–H groups in total. The molecule has 1 aromatic carbocycles. The minimum absolute atomic E-state index is 0.0257. The van der Waals surface area contributed by atoms with E-state index in [1.54, 1.807) is 0 Å². The number of aromatic nitrogens is 1. The number of rotatable bonds is 6. The van der Waals surface area contributed by atoms with E-state index in [-0.39, 0.29) is 11.9 Å². The number of nitrogens with zero attached hydrogens (tertiary/aromatic N) is 2. The van der Waals surface area contributed by atoms with Gasteiger partial charge in [-0.3, -0.25) is 9.78 Å². The van der Waals surface area contributed by atoms with Gasteiger partial charge in [0.05, 0.1) is 18.2 Å². The van der Waals surface area contributed by atoms with Gasteiger partial charge in [-0.15, -0.1) is 0 Å². The summed E-state index contributed by atoms with van der Waals surface area (Å²) in [5.74, 6) is 0.0257. The van der Waals surface area contributed by atoms with Crippen LogP contribution >= 0.6 is 0 Å². The van der Waals surface area contributed by atoms with E-state index in [1.165, 1.54) is 0 Å². The van der Waals surface area contributed by atoms with Crippen molar-refractivity contribution in [3.05, 3.63) is 59.4 Å². The second kappa shape index (κ2) is 7.77. The zero-order valence-corrected chi connectivity index (χ0v) is 14.3. The molecule has 0 fully saturated rings. The first-order chi connectivity index (χ1) is 11.0. The van der Waals surface area contributed by atoms with E-state index in [0.29, 0.717) is 6.42 Å². The summed E-state index contributed by atoms with van der Waals surface area (Å²) in [6.07, 6.45) is 1.21. The van der Waals surface area contributed by atoms with Gasteiger partial charge >= 0.3 is 0 Å². The van der Waals surface area contributed by atoms with Crippen LogP contribution in [0.25, 0.3) is 0 Å². The fourth-order valence-electron chi connectivity index (χ4n) is 2.49. The number of carbonyl (C=O) groups is 1. The average Bonchev–Trinajstić information content (AvgIpc) is 2.53. The molecule has 2 rings (SSSR count). The molecule has 23 heavy (non-hydrogen) atoms. The van der Waals surface area contributed by atoms with Crippen molar-refractivity contribution in [3.63, 3.8) is 0 Å². The van der Waals surface area contributed by atoms with Crippen molar-refractivity contribution >= 4 is 11.6 Å². The minimum Gasteiger partial charge on any atom is -0.378 e. The first-order valence-electron chi connectivity index (χ1n) is 7.98. The quantitative estimate of drug-likeness (QED) is 0.890. The fourth-order valence-corrected chi connectivity index (χ4v) is 2.49. The summed E-state index contributed by atoms with van der Waals surface area (Å²) in [5, 5.41) is 3.08. The highest BCUT2D eigenvalue weighted by atomic mass is 16.1. The van der Waals surface area contributed by atoms with Crippen LogP contribution in [0.2, 0.25) is 0 Å². The van der Waals surface area contributed by atoms with Crippen LogP contribution in [0.1, 0.15) is 36.3 Å². The third kappa shape index (κ3) is 4.81. The van der Waals surface area contributed by atoms with E-state index < -0.39 is 0 Å². The zero-order chi connectivity index (χ0) is 16.8. The SMILES string of the molecule is CC[C@H](NC(=O)Cc1ccc(N(C)C)cc1)c1cccc(C)n1. The van der Waals surface area contributed by atoms with Gasteiger partial charge in [0.2, 0.25) is 5.91 Å². The van der Waals surface area contributed by atoms with Crippen LogP contribution in [0.15, 0.2) is 42.5 Å². The standard InChI is InChI=1S/C19H25N3O/c1-5-17(18-8-6-7-14(2)20-18)21-19(23)13-15-9-11-16(12-10-15)22(3)4/h6-12,17H,5,13H2,1-4H3,(H,21,23)/t17-/m0/s1. The molecule has 0 unspecified atom stereocenters. The molecule has 122 valence electrons. The summed E-state index contributed by atoms with van der Waals surface area (Å²) >= 11 is 0. The first kappa shape index (κ1) is 17.0. The minimum atomic E-state index is -0.0385. The Kier molecular flexibility index (Phi) is 5.74. The molecule has 0 aliphatic carbocycles. The third-order valence-corrected chi connectivity index (χ3v) is 3.83.